The van der Waals surface area contributed by atoms with Gasteiger partial charge in [0.2, 0.25) is 5.95 Å². The zero-order chi connectivity index (χ0) is 16.2. The lowest BCUT2D eigenvalue weighted by Crippen LogP contribution is -2.25. The summed E-state index contributed by atoms with van der Waals surface area (Å²) in [5, 5.41) is 1.09. The van der Waals surface area contributed by atoms with Gasteiger partial charge in [-0.2, -0.15) is 0 Å². The van der Waals surface area contributed by atoms with Gasteiger partial charge in [0.1, 0.15) is 5.65 Å². The first kappa shape index (κ1) is 15.3. The fourth-order valence-corrected chi connectivity index (χ4v) is 2.92. The maximum atomic E-state index is 5.74. The van der Waals surface area contributed by atoms with E-state index in [0.717, 1.165) is 48.2 Å². The van der Waals surface area contributed by atoms with Gasteiger partial charge in [0.15, 0.2) is 0 Å². The van der Waals surface area contributed by atoms with Crippen LogP contribution in [0.1, 0.15) is 26.7 Å². The molecular weight excluding hydrogens is 288 g/mol. The second-order valence-corrected chi connectivity index (χ2v) is 5.54. The number of fused-ring (bicyclic) bond motifs is 1. The third-order valence-electron chi connectivity index (χ3n) is 3.83. The molecule has 3 heterocycles. The van der Waals surface area contributed by atoms with Gasteiger partial charge >= 0.3 is 0 Å². The Hall–Kier alpha value is -2.63. The molecule has 0 amide bonds. The summed E-state index contributed by atoms with van der Waals surface area (Å²) in [7, 11) is 0. The predicted molar refractivity (Wildman–Crippen MR) is 94.3 cm³/mol. The number of nitrogens with one attached hydrogen (secondary N) is 1. The highest BCUT2D eigenvalue weighted by molar-refractivity contribution is 6.01. The summed E-state index contributed by atoms with van der Waals surface area (Å²) in [6.45, 7) is 6.43. The molecule has 3 aromatic rings. The Kier molecular flexibility index (Phi) is 4.41. The van der Waals surface area contributed by atoms with Crippen LogP contribution in [0, 0.1) is 0 Å². The Morgan fingerprint density at radius 3 is 2.52 bits per heavy atom. The molecule has 0 unspecified atom stereocenters. The summed E-state index contributed by atoms with van der Waals surface area (Å²) < 4.78 is 0. The lowest BCUT2D eigenvalue weighted by atomic mass is 10.1. The smallest absolute Gasteiger partial charge is 0.220 e. The van der Waals surface area contributed by atoms with Crippen LogP contribution in [0.3, 0.4) is 0 Å². The Bertz CT molecular complexity index is 789. The van der Waals surface area contributed by atoms with E-state index in [0.29, 0.717) is 0 Å². The molecule has 0 radical (unpaired) electrons. The molecule has 0 aromatic carbocycles. The molecule has 0 spiro atoms. The molecule has 0 atom stereocenters. The maximum Gasteiger partial charge on any atom is 0.220 e. The Balaban J connectivity index is 2.17. The van der Waals surface area contributed by atoms with Crippen molar-refractivity contribution >= 4 is 22.7 Å². The number of nitrogens with zero attached hydrogens (tertiary/aromatic N) is 4. The third kappa shape index (κ3) is 2.97. The topological polar surface area (TPSA) is 83.7 Å². The largest absolute Gasteiger partial charge is 0.371 e. The normalized spacial score (nSPS) is 11.0. The van der Waals surface area contributed by atoms with Gasteiger partial charge in [0.05, 0.1) is 11.1 Å². The molecule has 3 rings (SSSR count). The molecule has 6 heteroatoms. The molecular formula is C17H22N6. The van der Waals surface area contributed by atoms with Gasteiger partial charge in [-0.15, -0.1) is 0 Å². The number of pyridine rings is 1. The van der Waals surface area contributed by atoms with E-state index in [2.05, 4.69) is 44.7 Å². The number of rotatable bonds is 6. The SMILES string of the molecule is CCCN(CCC)c1ccnc2[nH]cc(-c3ccnc(N)n3)c12. The number of aromatic amines is 1. The van der Waals surface area contributed by atoms with Crippen LogP contribution in [-0.2, 0) is 0 Å². The predicted octanol–water partition coefficient (Wildman–Crippen LogP) is 3.23. The quantitative estimate of drug-likeness (QED) is 0.730. The summed E-state index contributed by atoms with van der Waals surface area (Å²) >= 11 is 0. The van der Waals surface area contributed by atoms with Crippen LogP contribution >= 0.6 is 0 Å². The van der Waals surface area contributed by atoms with Crippen LogP contribution < -0.4 is 10.6 Å². The molecule has 0 saturated heterocycles. The van der Waals surface area contributed by atoms with Gasteiger partial charge in [-0.1, -0.05) is 13.8 Å². The van der Waals surface area contributed by atoms with Gasteiger partial charge in [0.25, 0.3) is 0 Å². The van der Waals surface area contributed by atoms with E-state index in [4.69, 9.17) is 5.73 Å². The van der Waals surface area contributed by atoms with E-state index in [1.807, 2.05) is 18.5 Å². The van der Waals surface area contributed by atoms with E-state index >= 15 is 0 Å². The first-order chi connectivity index (χ1) is 11.2. The van der Waals surface area contributed by atoms with Gasteiger partial charge in [-0.05, 0) is 25.0 Å². The van der Waals surface area contributed by atoms with Gasteiger partial charge < -0.3 is 15.6 Å². The lowest BCUT2D eigenvalue weighted by Gasteiger charge is -2.24. The van der Waals surface area contributed by atoms with E-state index in [1.165, 1.54) is 5.69 Å². The number of hydrogen-bond donors (Lipinski definition) is 2. The molecule has 0 aliphatic rings. The monoisotopic (exact) mass is 310 g/mol. The molecule has 0 saturated carbocycles. The first-order valence-corrected chi connectivity index (χ1v) is 8.04. The van der Waals surface area contributed by atoms with Crippen LogP contribution in [0.2, 0.25) is 0 Å². The van der Waals surface area contributed by atoms with E-state index < -0.39 is 0 Å². The van der Waals surface area contributed by atoms with Crippen molar-refractivity contribution in [1.82, 2.24) is 19.9 Å². The first-order valence-electron chi connectivity index (χ1n) is 8.04. The molecule has 6 nitrogen and oxygen atoms in total. The minimum Gasteiger partial charge on any atom is -0.371 e. The van der Waals surface area contributed by atoms with E-state index in [1.54, 1.807) is 6.20 Å². The molecule has 0 fully saturated rings. The zero-order valence-corrected chi connectivity index (χ0v) is 13.6. The van der Waals surface area contributed by atoms with Crippen molar-refractivity contribution in [2.45, 2.75) is 26.7 Å². The highest BCUT2D eigenvalue weighted by Crippen LogP contribution is 2.34. The number of H-pyrrole nitrogens is 1. The molecule has 0 bridgehead atoms. The summed E-state index contributed by atoms with van der Waals surface area (Å²) in [6.07, 6.45) is 7.68. The van der Waals surface area contributed by atoms with E-state index in [-0.39, 0.29) is 5.95 Å². The van der Waals surface area contributed by atoms with Crippen molar-refractivity contribution in [1.29, 1.82) is 0 Å². The van der Waals surface area contributed by atoms with Crippen LogP contribution in [0.15, 0.2) is 30.7 Å². The molecule has 23 heavy (non-hydrogen) atoms. The van der Waals surface area contributed by atoms with E-state index in [9.17, 15) is 0 Å². The van der Waals surface area contributed by atoms with Crippen molar-refractivity contribution in [2.24, 2.45) is 0 Å². The Labute approximate surface area is 135 Å². The standard InChI is InChI=1S/C17H22N6/c1-3-9-23(10-4-2)14-6-8-19-16-15(14)12(11-21-16)13-5-7-20-17(18)22-13/h5-8,11H,3-4,9-10H2,1-2H3,(H,19,21)(H2,18,20,22). The number of anilines is 2. The van der Waals surface area contributed by atoms with Crippen LogP contribution in [-0.4, -0.2) is 33.0 Å². The molecule has 3 aromatic heterocycles. The fourth-order valence-electron chi connectivity index (χ4n) is 2.92. The van der Waals surface area contributed by atoms with Crippen molar-refractivity contribution in [3.8, 4) is 11.3 Å². The average molecular weight is 310 g/mol. The van der Waals surface area contributed by atoms with Crippen molar-refractivity contribution in [3.63, 3.8) is 0 Å². The Morgan fingerprint density at radius 1 is 1.09 bits per heavy atom. The summed E-state index contributed by atoms with van der Waals surface area (Å²) in [4.78, 5) is 18.4. The van der Waals surface area contributed by atoms with Crippen molar-refractivity contribution in [2.75, 3.05) is 23.7 Å². The number of aromatic nitrogens is 4. The number of nitrogen functional groups attached to an aromatic ring is 1. The molecule has 0 aliphatic heterocycles. The maximum absolute atomic E-state index is 5.74. The summed E-state index contributed by atoms with van der Waals surface area (Å²) in [6, 6.07) is 3.95. The second kappa shape index (κ2) is 6.64. The molecule has 120 valence electrons. The highest BCUT2D eigenvalue weighted by atomic mass is 15.1. The minimum absolute atomic E-state index is 0.279. The van der Waals surface area contributed by atoms with Crippen molar-refractivity contribution < 1.29 is 0 Å². The van der Waals surface area contributed by atoms with Crippen molar-refractivity contribution in [3.05, 3.63) is 30.7 Å². The zero-order valence-electron chi connectivity index (χ0n) is 13.6. The van der Waals surface area contributed by atoms with Gasteiger partial charge in [-0.3, -0.25) is 0 Å². The minimum atomic E-state index is 0.279. The number of nitrogens with two attached hydrogens (primary N) is 1. The van der Waals surface area contributed by atoms with Gasteiger partial charge in [-0.25, -0.2) is 15.0 Å². The van der Waals surface area contributed by atoms with Crippen LogP contribution in [0.4, 0.5) is 11.6 Å². The summed E-state index contributed by atoms with van der Waals surface area (Å²) in [5.41, 5.74) is 9.62. The Morgan fingerprint density at radius 2 is 1.83 bits per heavy atom. The fraction of sp³-hybridized carbons (Fsp3) is 0.353. The van der Waals surface area contributed by atoms with Crippen LogP contribution in [0.5, 0.6) is 0 Å². The highest BCUT2D eigenvalue weighted by Gasteiger charge is 2.16. The van der Waals surface area contributed by atoms with Crippen LogP contribution in [0.25, 0.3) is 22.3 Å². The average Bonchev–Trinajstić information content (AvgIpc) is 2.99. The number of hydrogen-bond acceptors (Lipinski definition) is 5. The second-order valence-electron chi connectivity index (χ2n) is 5.54. The summed E-state index contributed by atoms with van der Waals surface area (Å²) in [5.74, 6) is 0.279. The molecule has 0 aliphatic carbocycles. The molecule has 3 N–H and O–H groups in total. The van der Waals surface area contributed by atoms with Gasteiger partial charge in [0, 0.05) is 42.9 Å². The lowest BCUT2D eigenvalue weighted by molar-refractivity contribution is 0.747. The third-order valence-corrected chi connectivity index (χ3v) is 3.83.